The van der Waals surface area contributed by atoms with Crippen molar-refractivity contribution in [2.24, 2.45) is 11.1 Å². The van der Waals surface area contributed by atoms with Crippen LogP contribution in [0.3, 0.4) is 0 Å². The molecule has 91 heavy (non-hydrogen) atoms. The molecule has 3 aliphatic heterocycles. The third-order valence-electron chi connectivity index (χ3n) is 16.3. The molecule has 5 aromatic rings. The van der Waals surface area contributed by atoms with Crippen molar-refractivity contribution >= 4 is 143 Å². The van der Waals surface area contributed by atoms with Gasteiger partial charge in [0, 0.05) is 127 Å². The van der Waals surface area contributed by atoms with Crippen molar-refractivity contribution in [1.82, 2.24) is 26.2 Å². The number of carbonyl (C=O) groups excluding carboxylic acids is 9. The highest BCUT2D eigenvalue weighted by Gasteiger charge is 2.51. The van der Waals surface area contributed by atoms with Crippen LogP contribution in [0, 0.1) is 5.41 Å². The van der Waals surface area contributed by atoms with Crippen LogP contribution in [0.2, 0.25) is 0 Å². The lowest BCUT2D eigenvalue weighted by atomic mass is 9.67. The van der Waals surface area contributed by atoms with Crippen molar-refractivity contribution in [3.63, 3.8) is 0 Å². The van der Waals surface area contributed by atoms with Gasteiger partial charge in [-0.3, -0.25) is 53.0 Å². The number of rotatable bonds is 28. The number of benzene rings is 5. The number of imide groups is 1. The summed E-state index contributed by atoms with van der Waals surface area (Å²) < 4.78 is 34.4. The summed E-state index contributed by atoms with van der Waals surface area (Å²) in [5.74, 6) is -4.83. The van der Waals surface area contributed by atoms with Gasteiger partial charge in [0.2, 0.25) is 23.6 Å². The Bertz CT molecular complexity index is 3870. The maximum absolute atomic E-state index is 14.3. The molecule has 4 aliphatic rings. The summed E-state index contributed by atoms with van der Waals surface area (Å²) in [5.41, 5.74) is 6.83. The van der Waals surface area contributed by atoms with E-state index in [2.05, 4.69) is 26.6 Å². The first kappa shape index (κ1) is 66.9. The molecule has 1 saturated carbocycles. The summed E-state index contributed by atoms with van der Waals surface area (Å²) in [5, 5.41) is 15.7. The van der Waals surface area contributed by atoms with Gasteiger partial charge in [-0.2, -0.15) is 0 Å². The van der Waals surface area contributed by atoms with Crippen molar-refractivity contribution in [2.45, 2.75) is 75.7 Å². The van der Waals surface area contributed by atoms with Crippen LogP contribution in [0.15, 0.2) is 103 Å². The molecule has 9 rings (SSSR count). The van der Waals surface area contributed by atoms with E-state index in [1.165, 1.54) is 58.4 Å². The molecule has 0 radical (unpaired) electrons. The average molecular weight is 1330 g/mol. The minimum atomic E-state index is -5.04. The third kappa shape index (κ3) is 15.8. The van der Waals surface area contributed by atoms with Crippen LogP contribution in [-0.4, -0.2) is 130 Å². The number of hydrogen-bond donors (Lipinski definition) is 9. The molecule has 0 bridgehead atoms. The number of fused-ring (bicyclic) bond motifs is 6. The van der Waals surface area contributed by atoms with Gasteiger partial charge in [-0.15, -0.1) is 28.1 Å². The number of alkyl halides is 2. The second-order valence-corrected chi connectivity index (χ2v) is 24.6. The quantitative estimate of drug-likeness (QED) is 0.00606. The van der Waals surface area contributed by atoms with Crippen LogP contribution < -0.4 is 51.2 Å². The van der Waals surface area contributed by atoms with E-state index in [0.717, 1.165) is 10.5 Å². The number of nitrogens with one attached hydrogen (secondary N) is 5. The second kappa shape index (κ2) is 29.6. The molecular formula is C62H66Cl2N9O16P2+. The van der Waals surface area contributed by atoms with Crippen molar-refractivity contribution in [3.05, 3.63) is 125 Å². The number of phosphoric ester groups is 1. The number of urea groups is 1. The highest BCUT2D eigenvalue weighted by Crippen LogP contribution is 2.50. The SMILES string of the molecule is NC(=O)NCCCC(NC(=O)C1(C(=O)NCCCCCN2C(=O)C=CC2=O)CCC1)C(=O)NCCC(=O)Nc1cc(C=CC(=O)N2CC(CCl)c3c2cc(OP(=O)(O)O)c2ccccc32)ccc1C=CC(=O)N1CC(CCl)c2c1cc(O[P+](=O)O)c1ccccc21. The first-order valence-corrected chi connectivity index (χ1v) is 33.0. The molecule has 1 aliphatic carbocycles. The molecule has 4 atom stereocenters. The monoisotopic (exact) mass is 1320 g/mol. The Morgan fingerprint density at radius 1 is 0.725 bits per heavy atom. The highest BCUT2D eigenvalue weighted by molar-refractivity contribution is 7.46. The molecule has 0 saturated heterocycles. The lowest BCUT2D eigenvalue weighted by Crippen LogP contribution is -2.59. The van der Waals surface area contributed by atoms with Gasteiger partial charge in [-0.25, -0.2) is 13.9 Å². The van der Waals surface area contributed by atoms with Gasteiger partial charge >= 0.3 is 22.1 Å². The average Bonchev–Trinajstić information content (AvgIpc) is 1.67. The standard InChI is InChI=1S/C62H65Cl2N9O16P2/c63-33-39-35-72(47-31-49(88-90(83)84)41-10-2-4-12-43(41)56(39)47)55(78)20-18-38-17-15-37(16-19-54(77)73-36-40(34-64)57-44-13-5-3-11-42(44)50(32-48(57)73)89-91(85,86)87)30-46(38)69-51(74)23-28-66-58(79)45(14-8-27-68-61(65)82)70-60(81)62(24-9-25-62)59(80)67-26-6-1-7-29-71-52(75)21-22-53(71)76/h2-5,10-13,15-22,30-32,39-40,45H,1,6-9,14,23-29,33-36H2,(H9-,65,66,67,68,69,70,74,78,79,80,81,82,83,84,85,86,87)/p+1. The van der Waals surface area contributed by atoms with Gasteiger partial charge in [0.1, 0.15) is 17.2 Å². The number of phosphoric acid groups is 1. The third-order valence-corrected chi connectivity index (χ3v) is 17.8. The van der Waals surface area contributed by atoms with Gasteiger partial charge in [0.15, 0.2) is 5.75 Å². The predicted molar refractivity (Wildman–Crippen MR) is 341 cm³/mol. The Morgan fingerprint density at radius 2 is 1.31 bits per heavy atom. The number of nitrogens with zero attached hydrogens (tertiary/aromatic N) is 3. The number of nitrogens with two attached hydrogens (primary N) is 1. The van der Waals surface area contributed by atoms with E-state index in [1.54, 1.807) is 66.7 Å². The van der Waals surface area contributed by atoms with Gasteiger partial charge in [-0.1, -0.05) is 67.1 Å². The van der Waals surface area contributed by atoms with Crippen LogP contribution >= 0.6 is 39.3 Å². The fourth-order valence-corrected chi connectivity index (χ4v) is 12.9. The highest BCUT2D eigenvalue weighted by atomic mass is 35.5. The maximum atomic E-state index is 14.3. The Labute approximate surface area is 532 Å². The van der Waals surface area contributed by atoms with Gasteiger partial charge in [-0.05, 0) is 96.2 Å². The maximum Gasteiger partial charge on any atom is 0.747 e. The minimum Gasteiger partial charge on any atom is -0.404 e. The topological polar surface area (TPSA) is 363 Å². The Morgan fingerprint density at radius 3 is 1.88 bits per heavy atom. The zero-order valence-corrected chi connectivity index (χ0v) is 52.2. The molecule has 3 heterocycles. The molecule has 0 aromatic heterocycles. The lowest BCUT2D eigenvalue weighted by Gasteiger charge is -2.39. The first-order valence-electron chi connectivity index (χ1n) is 29.3. The summed E-state index contributed by atoms with van der Waals surface area (Å²) in [6.45, 7) is 0.525. The van der Waals surface area contributed by atoms with Crippen molar-refractivity contribution in [3.8, 4) is 11.5 Å². The van der Waals surface area contributed by atoms with Gasteiger partial charge < -0.3 is 46.6 Å². The summed E-state index contributed by atoms with van der Waals surface area (Å²) in [6, 6.07) is 19.5. The van der Waals surface area contributed by atoms with E-state index >= 15 is 0 Å². The second-order valence-electron chi connectivity index (χ2n) is 22.2. The molecule has 29 heteroatoms. The molecule has 4 unspecified atom stereocenters. The summed E-state index contributed by atoms with van der Waals surface area (Å²) in [7, 11) is -8.12. The van der Waals surface area contributed by atoms with Crippen LogP contribution in [0.1, 0.15) is 91.9 Å². The zero-order valence-electron chi connectivity index (χ0n) is 48.9. The Balaban J connectivity index is 0.918. The molecule has 0 spiro atoms. The number of anilines is 3. The number of hydrogen-bond acceptors (Lipinski definition) is 13. The Hall–Kier alpha value is -8.54. The number of primary amides is 1. The number of unbranched alkanes of at least 4 members (excludes halogenated alkanes) is 2. The summed E-state index contributed by atoms with van der Waals surface area (Å²) >= 11 is 13.0. The van der Waals surface area contributed by atoms with E-state index in [-0.39, 0.29) is 124 Å². The first-order chi connectivity index (χ1) is 43.6. The molecule has 478 valence electrons. The predicted octanol–water partition coefficient (Wildman–Crippen LogP) is 7.02. The van der Waals surface area contributed by atoms with Gasteiger partial charge in [0.05, 0.1) is 11.4 Å². The molecule has 5 aromatic carbocycles. The molecule has 10 amide bonds. The number of amides is 10. The fourth-order valence-electron chi connectivity index (χ4n) is 11.7. The minimum absolute atomic E-state index is 0.00210. The number of carbonyl (C=O) groups is 9. The van der Waals surface area contributed by atoms with E-state index in [0.29, 0.717) is 75.3 Å². The molecule has 10 N–H and O–H groups in total. The summed E-state index contributed by atoms with van der Waals surface area (Å²) in [4.78, 5) is 153. The van der Waals surface area contributed by atoms with Gasteiger partial charge in [0.25, 0.3) is 23.6 Å². The van der Waals surface area contributed by atoms with Crippen molar-refractivity contribution in [2.75, 3.05) is 66.1 Å². The van der Waals surface area contributed by atoms with Crippen molar-refractivity contribution < 1.29 is 76.0 Å². The Kier molecular flexibility index (Phi) is 21.8. The van der Waals surface area contributed by atoms with Crippen molar-refractivity contribution in [1.29, 1.82) is 0 Å². The van der Waals surface area contributed by atoms with Crippen LogP contribution in [-0.2, 0) is 47.5 Å². The largest absolute Gasteiger partial charge is 0.747 e. The summed E-state index contributed by atoms with van der Waals surface area (Å²) in [6.07, 6.45) is 10.4. The van der Waals surface area contributed by atoms with Crippen LogP contribution in [0.25, 0.3) is 33.7 Å². The van der Waals surface area contributed by atoms with Crippen LogP contribution in [0.5, 0.6) is 11.5 Å². The van der Waals surface area contributed by atoms with E-state index in [4.69, 9.17) is 38.0 Å². The zero-order chi connectivity index (χ0) is 65.1. The van der Waals surface area contributed by atoms with E-state index in [9.17, 15) is 67.0 Å². The number of halogens is 2. The fraction of sp³-hybridized carbons (Fsp3) is 0.339. The lowest BCUT2D eigenvalue weighted by molar-refractivity contribution is -0.151. The van der Waals surface area contributed by atoms with E-state index < -0.39 is 69.0 Å². The van der Waals surface area contributed by atoms with Crippen LogP contribution in [0.4, 0.5) is 21.9 Å². The molecule has 1 fully saturated rings. The normalized spacial score (nSPS) is 17.0. The molecule has 25 nitrogen and oxygen atoms in total. The van der Waals surface area contributed by atoms with E-state index in [1.807, 2.05) is 0 Å². The molecular weight excluding hydrogens is 1260 g/mol. The smallest absolute Gasteiger partial charge is 0.404 e.